The second-order valence-electron chi connectivity index (χ2n) is 6.10. The number of nitrogens with two attached hydrogens (primary N) is 1. The van der Waals surface area contributed by atoms with Crippen molar-refractivity contribution in [1.29, 1.82) is 0 Å². The van der Waals surface area contributed by atoms with Gasteiger partial charge in [0.15, 0.2) is 5.75 Å². The molecule has 0 bridgehead atoms. The summed E-state index contributed by atoms with van der Waals surface area (Å²) in [5, 5.41) is 4.45. The van der Waals surface area contributed by atoms with Crippen LogP contribution in [0, 0.1) is 5.41 Å². The molecule has 1 aliphatic carbocycles. The Morgan fingerprint density at radius 3 is 2.53 bits per heavy atom. The van der Waals surface area contributed by atoms with Gasteiger partial charge in [-0.05, 0) is 32.1 Å². The number of aromatic nitrogens is 2. The molecule has 1 heterocycles. The fourth-order valence-electron chi connectivity index (χ4n) is 3.28. The van der Waals surface area contributed by atoms with Gasteiger partial charge in [0.2, 0.25) is 0 Å². The van der Waals surface area contributed by atoms with Crippen molar-refractivity contribution in [3.8, 4) is 5.75 Å². The Labute approximate surface area is 115 Å². The minimum atomic E-state index is 0.0786. The molecule has 0 radical (unpaired) electrons. The molecule has 0 amide bonds. The molecule has 0 saturated heterocycles. The number of ether oxygens (including phenoxy) is 1. The van der Waals surface area contributed by atoms with Crippen molar-refractivity contribution in [3.63, 3.8) is 0 Å². The Balaban J connectivity index is 2.44. The predicted molar refractivity (Wildman–Crippen MR) is 75.8 cm³/mol. The second-order valence-corrected chi connectivity index (χ2v) is 6.10. The van der Waals surface area contributed by atoms with Crippen LogP contribution in [0.5, 0.6) is 5.75 Å². The van der Waals surface area contributed by atoms with E-state index < -0.39 is 0 Å². The van der Waals surface area contributed by atoms with E-state index in [0.717, 1.165) is 11.4 Å². The molecular weight excluding hydrogens is 240 g/mol. The molecule has 0 aromatic carbocycles. The summed E-state index contributed by atoms with van der Waals surface area (Å²) in [5.74, 6) is 6.70. The summed E-state index contributed by atoms with van der Waals surface area (Å²) in [4.78, 5) is 0. The van der Waals surface area contributed by atoms with E-state index in [2.05, 4.69) is 31.3 Å². The van der Waals surface area contributed by atoms with E-state index in [1.807, 2.05) is 4.68 Å². The molecule has 0 spiro atoms. The van der Waals surface area contributed by atoms with Gasteiger partial charge in [-0.3, -0.25) is 16.0 Å². The number of methoxy groups -OCH3 is 1. The summed E-state index contributed by atoms with van der Waals surface area (Å²) in [7, 11) is 1.69. The SMILES string of the molecule is COc1cnn(C(C)C)c1C(NN)C1(C)CCCC1. The molecule has 1 aliphatic rings. The number of nitrogens with zero attached hydrogens (tertiary/aromatic N) is 2. The van der Waals surface area contributed by atoms with Crippen LogP contribution in [-0.2, 0) is 0 Å². The van der Waals surface area contributed by atoms with Crippen molar-refractivity contribution in [2.45, 2.75) is 58.5 Å². The lowest BCUT2D eigenvalue weighted by molar-refractivity contribution is 0.206. The zero-order valence-corrected chi connectivity index (χ0v) is 12.4. The first-order valence-electron chi connectivity index (χ1n) is 7.11. The molecule has 0 aliphatic heterocycles. The first kappa shape index (κ1) is 14.3. The van der Waals surface area contributed by atoms with Crippen LogP contribution in [0.3, 0.4) is 0 Å². The standard InChI is InChI=1S/C14H26N4O/c1-10(2)18-12(11(19-4)9-16-18)13(17-15)14(3)7-5-6-8-14/h9-10,13,17H,5-8,15H2,1-4H3. The van der Waals surface area contributed by atoms with Gasteiger partial charge in [-0.1, -0.05) is 19.8 Å². The quantitative estimate of drug-likeness (QED) is 0.635. The van der Waals surface area contributed by atoms with Gasteiger partial charge in [0.25, 0.3) is 0 Å². The van der Waals surface area contributed by atoms with Gasteiger partial charge in [-0.2, -0.15) is 5.10 Å². The van der Waals surface area contributed by atoms with Gasteiger partial charge in [0.1, 0.15) is 0 Å². The third-order valence-electron chi connectivity index (χ3n) is 4.39. The van der Waals surface area contributed by atoms with Crippen molar-refractivity contribution in [2.75, 3.05) is 7.11 Å². The largest absolute Gasteiger partial charge is 0.493 e. The van der Waals surface area contributed by atoms with E-state index in [1.54, 1.807) is 13.3 Å². The van der Waals surface area contributed by atoms with Gasteiger partial charge in [-0.15, -0.1) is 0 Å². The molecule has 1 saturated carbocycles. The number of hydrogen-bond donors (Lipinski definition) is 2. The van der Waals surface area contributed by atoms with Crippen molar-refractivity contribution in [2.24, 2.45) is 11.3 Å². The Hall–Kier alpha value is -1.07. The summed E-state index contributed by atoms with van der Waals surface area (Å²) in [6.45, 7) is 6.56. The first-order chi connectivity index (χ1) is 9.03. The average molecular weight is 266 g/mol. The van der Waals surface area contributed by atoms with Crippen molar-refractivity contribution < 1.29 is 4.74 Å². The van der Waals surface area contributed by atoms with Gasteiger partial charge < -0.3 is 4.74 Å². The molecule has 1 unspecified atom stereocenters. The maximum atomic E-state index is 5.87. The molecule has 1 aromatic heterocycles. The fourth-order valence-corrected chi connectivity index (χ4v) is 3.28. The summed E-state index contributed by atoms with van der Waals surface area (Å²) in [6.07, 6.45) is 6.71. The summed E-state index contributed by atoms with van der Waals surface area (Å²) in [6, 6.07) is 0.370. The first-order valence-corrected chi connectivity index (χ1v) is 7.11. The summed E-state index contributed by atoms with van der Waals surface area (Å²) >= 11 is 0. The normalized spacial score (nSPS) is 19.9. The van der Waals surface area contributed by atoms with Gasteiger partial charge in [0, 0.05) is 6.04 Å². The number of rotatable bonds is 5. The highest BCUT2D eigenvalue weighted by atomic mass is 16.5. The van der Waals surface area contributed by atoms with E-state index >= 15 is 0 Å². The third-order valence-corrected chi connectivity index (χ3v) is 4.39. The minimum absolute atomic E-state index is 0.0786. The zero-order valence-electron chi connectivity index (χ0n) is 12.4. The van der Waals surface area contributed by atoms with Crippen LogP contribution in [0.4, 0.5) is 0 Å². The fraction of sp³-hybridized carbons (Fsp3) is 0.786. The zero-order chi connectivity index (χ0) is 14.0. The number of hydrazine groups is 1. The van der Waals surface area contributed by atoms with E-state index in [-0.39, 0.29) is 11.5 Å². The smallest absolute Gasteiger partial charge is 0.161 e. The van der Waals surface area contributed by atoms with Crippen molar-refractivity contribution >= 4 is 0 Å². The molecule has 3 N–H and O–H groups in total. The summed E-state index contributed by atoms with van der Waals surface area (Å²) in [5.41, 5.74) is 4.26. The Bertz CT molecular complexity index is 421. The Morgan fingerprint density at radius 2 is 2.05 bits per heavy atom. The van der Waals surface area contributed by atoms with E-state index in [0.29, 0.717) is 6.04 Å². The summed E-state index contributed by atoms with van der Waals surface area (Å²) < 4.78 is 7.51. The number of hydrogen-bond acceptors (Lipinski definition) is 4. The Morgan fingerprint density at radius 1 is 1.42 bits per heavy atom. The van der Waals surface area contributed by atoms with Crippen LogP contribution in [-0.4, -0.2) is 16.9 Å². The Kier molecular flexibility index (Phi) is 4.16. The lowest BCUT2D eigenvalue weighted by Crippen LogP contribution is -2.40. The molecule has 108 valence electrons. The van der Waals surface area contributed by atoms with Crippen LogP contribution >= 0.6 is 0 Å². The van der Waals surface area contributed by atoms with Gasteiger partial charge in [0.05, 0.1) is 25.0 Å². The molecule has 1 fully saturated rings. The van der Waals surface area contributed by atoms with Crippen LogP contribution in [0.25, 0.3) is 0 Å². The monoisotopic (exact) mass is 266 g/mol. The molecule has 19 heavy (non-hydrogen) atoms. The van der Waals surface area contributed by atoms with Crippen LogP contribution in [0.1, 0.15) is 64.2 Å². The highest BCUT2D eigenvalue weighted by molar-refractivity contribution is 5.30. The number of nitrogens with one attached hydrogen (secondary N) is 1. The molecule has 2 rings (SSSR count). The maximum absolute atomic E-state index is 5.87. The maximum Gasteiger partial charge on any atom is 0.161 e. The topological polar surface area (TPSA) is 65.1 Å². The third kappa shape index (κ3) is 2.49. The minimum Gasteiger partial charge on any atom is -0.493 e. The van der Waals surface area contributed by atoms with E-state index in [1.165, 1.54) is 25.7 Å². The van der Waals surface area contributed by atoms with Crippen molar-refractivity contribution in [3.05, 3.63) is 11.9 Å². The lowest BCUT2D eigenvalue weighted by Gasteiger charge is -2.34. The molecule has 1 atom stereocenters. The highest BCUT2D eigenvalue weighted by Gasteiger charge is 2.40. The molecule has 5 heteroatoms. The molecule has 1 aromatic rings. The molecular formula is C14H26N4O. The van der Waals surface area contributed by atoms with E-state index in [9.17, 15) is 0 Å². The van der Waals surface area contributed by atoms with E-state index in [4.69, 9.17) is 10.6 Å². The average Bonchev–Trinajstić information content (AvgIpc) is 2.97. The van der Waals surface area contributed by atoms with Gasteiger partial charge in [-0.25, -0.2) is 0 Å². The lowest BCUT2D eigenvalue weighted by atomic mass is 9.79. The second kappa shape index (κ2) is 5.51. The van der Waals surface area contributed by atoms with Crippen LogP contribution in [0.15, 0.2) is 6.20 Å². The predicted octanol–water partition coefficient (Wildman–Crippen LogP) is 2.56. The van der Waals surface area contributed by atoms with Crippen LogP contribution in [0.2, 0.25) is 0 Å². The van der Waals surface area contributed by atoms with Crippen LogP contribution < -0.4 is 16.0 Å². The van der Waals surface area contributed by atoms with Crippen molar-refractivity contribution in [1.82, 2.24) is 15.2 Å². The molecule has 5 nitrogen and oxygen atoms in total. The highest BCUT2D eigenvalue weighted by Crippen LogP contribution is 2.48. The van der Waals surface area contributed by atoms with Gasteiger partial charge >= 0.3 is 0 Å².